The van der Waals surface area contributed by atoms with Crippen molar-refractivity contribution >= 4 is 5.91 Å². The Hall–Kier alpha value is -0.530. The van der Waals surface area contributed by atoms with Crippen molar-refractivity contribution in [1.82, 2.24) is 5.32 Å². The molecule has 1 aliphatic heterocycles. The van der Waals surface area contributed by atoms with Crippen LogP contribution in [-0.4, -0.2) is 11.9 Å². The molecule has 2 nitrogen and oxygen atoms in total. The lowest BCUT2D eigenvalue weighted by Gasteiger charge is -2.26. The fourth-order valence-corrected chi connectivity index (χ4v) is 1.50. The second-order valence-electron chi connectivity index (χ2n) is 3.22. The Bertz CT molecular complexity index is 133. The van der Waals surface area contributed by atoms with Crippen molar-refractivity contribution in [1.29, 1.82) is 0 Å². The van der Waals surface area contributed by atoms with E-state index in [0.29, 0.717) is 12.0 Å². The Morgan fingerprint density at radius 1 is 1.70 bits per heavy atom. The second kappa shape index (κ2) is 3.04. The van der Waals surface area contributed by atoms with E-state index in [1.807, 2.05) is 0 Å². The first-order valence-electron chi connectivity index (χ1n) is 4.01. The third kappa shape index (κ3) is 1.72. The molecule has 1 N–H and O–H groups in total. The molecule has 0 saturated carbocycles. The minimum atomic E-state index is 0.227. The van der Waals surface area contributed by atoms with Crippen LogP contribution < -0.4 is 5.32 Å². The van der Waals surface area contributed by atoms with Gasteiger partial charge in [0.15, 0.2) is 0 Å². The van der Waals surface area contributed by atoms with E-state index in [1.54, 1.807) is 0 Å². The van der Waals surface area contributed by atoms with Crippen molar-refractivity contribution in [2.45, 2.75) is 39.2 Å². The summed E-state index contributed by atoms with van der Waals surface area (Å²) < 4.78 is 0. The highest BCUT2D eigenvalue weighted by atomic mass is 16.1. The molecule has 0 bridgehead atoms. The van der Waals surface area contributed by atoms with E-state index in [-0.39, 0.29) is 5.91 Å². The molecule has 1 aliphatic rings. The molecule has 0 radical (unpaired) electrons. The third-order valence-electron chi connectivity index (χ3n) is 2.08. The SMILES string of the molecule is CC[C@@H]1C[C@@H](C)CC(=O)N1. The van der Waals surface area contributed by atoms with Gasteiger partial charge in [0, 0.05) is 12.5 Å². The fourth-order valence-electron chi connectivity index (χ4n) is 1.50. The summed E-state index contributed by atoms with van der Waals surface area (Å²) in [5.74, 6) is 0.810. The van der Waals surface area contributed by atoms with Gasteiger partial charge < -0.3 is 5.32 Å². The van der Waals surface area contributed by atoms with Crippen molar-refractivity contribution in [3.63, 3.8) is 0 Å². The topological polar surface area (TPSA) is 29.1 Å². The van der Waals surface area contributed by atoms with Gasteiger partial charge in [-0.2, -0.15) is 0 Å². The molecule has 10 heavy (non-hydrogen) atoms. The minimum absolute atomic E-state index is 0.227. The predicted octanol–water partition coefficient (Wildman–Crippen LogP) is 1.31. The molecule has 0 spiro atoms. The molecule has 0 unspecified atom stereocenters. The zero-order chi connectivity index (χ0) is 7.56. The highest BCUT2D eigenvalue weighted by molar-refractivity contribution is 5.77. The Balaban J connectivity index is 2.42. The van der Waals surface area contributed by atoms with Crippen LogP contribution in [0, 0.1) is 5.92 Å². The van der Waals surface area contributed by atoms with E-state index >= 15 is 0 Å². The van der Waals surface area contributed by atoms with Gasteiger partial charge >= 0.3 is 0 Å². The molecule has 1 rings (SSSR count). The van der Waals surface area contributed by atoms with Crippen LogP contribution in [0.25, 0.3) is 0 Å². The van der Waals surface area contributed by atoms with Crippen molar-refractivity contribution in [3.8, 4) is 0 Å². The van der Waals surface area contributed by atoms with Crippen LogP contribution in [-0.2, 0) is 4.79 Å². The van der Waals surface area contributed by atoms with Crippen LogP contribution in [0.15, 0.2) is 0 Å². The van der Waals surface area contributed by atoms with Gasteiger partial charge in [0.25, 0.3) is 0 Å². The Labute approximate surface area is 62.0 Å². The number of nitrogens with one attached hydrogen (secondary N) is 1. The normalized spacial score (nSPS) is 33.6. The van der Waals surface area contributed by atoms with Crippen LogP contribution in [0.2, 0.25) is 0 Å². The first kappa shape index (κ1) is 7.58. The zero-order valence-electron chi connectivity index (χ0n) is 6.68. The predicted molar refractivity (Wildman–Crippen MR) is 40.6 cm³/mol. The first-order chi connectivity index (χ1) is 4.72. The van der Waals surface area contributed by atoms with E-state index < -0.39 is 0 Å². The van der Waals surface area contributed by atoms with Crippen LogP contribution >= 0.6 is 0 Å². The number of amides is 1. The zero-order valence-corrected chi connectivity index (χ0v) is 6.68. The highest BCUT2D eigenvalue weighted by Gasteiger charge is 2.21. The van der Waals surface area contributed by atoms with Gasteiger partial charge in [-0.1, -0.05) is 13.8 Å². The lowest BCUT2D eigenvalue weighted by Crippen LogP contribution is -2.41. The lowest BCUT2D eigenvalue weighted by atomic mass is 9.93. The van der Waals surface area contributed by atoms with Crippen LogP contribution in [0.5, 0.6) is 0 Å². The first-order valence-corrected chi connectivity index (χ1v) is 4.01. The molecular weight excluding hydrogens is 126 g/mol. The lowest BCUT2D eigenvalue weighted by molar-refractivity contribution is -0.124. The number of hydrogen-bond acceptors (Lipinski definition) is 1. The molecule has 0 aromatic carbocycles. The largest absolute Gasteiger partial charge is 0.353 e. The number of carbonyl (C=O) groups is 1. The Morgan fingerprint density at radius 2 is 2.40 bits per heavy atom. The molecule has 0 aliphatic carbocycles. The van der Waals surface area contributed by atoms with E-state index in [4.69, 9.17) is 0 Å². The van der Waals surface area contributed by atoms with Crippen LogP contribution in [0.4, 0.5) is 0 Å². The number of rotatable bonds is 1. The Morgan fingerprint density at radius 3 is 2.90 bits per heavy atom. The number of carbonyl (C=O) groups excluding carboxylic acids is 1. The second-order valence-corrected chi connectivity index (χ2v) is 3.22. The molecule has 0 aromatic heterocycles. The smallest absolute Gasteiger partial charge is 0.220 e. The monoisotopic (exact) mass is 141 g/mol. The quantitative estimate of drug-likeness (QED) is 0.586. The van der Waals surface area contributed by atoms with Gasteiger partial charge in [0.1, 0.15) is 0 Å². The number of hydrogen-bond donors (Lipinski definition) is 1. The summed E-state index contributed by atoms with van der Waals surface area (Å²) in [5, 5.41) is 2.96. The highest BCUT2D eigenvalue weighted by Crippen LogP contribution is 2.17. The van der Waals surface area contributed by atoms with E-state index in [0.717, 1.165) is 19.3 Å². The molecule has 58 valence electrons. The standard InChI is InChI=1S/C8H15NO/c1-3-7-4-6(2)5-8(10)9-7/h6-7H,3-5H2,1-2H3,(H,9,10)/t6-,7-/m1/s1. The van der Waals surface area contributed by atoms with Gasteiger partial charge in [-0.25, -0.2) is 0 Å². The average Bonchev–Trinajstić information content (AvgIpc) is 1.85. The molecule has 2 atom stereocenters. The van der Waals surface area contributed by atoms with Crippen molar-refractivity contribution < 1.29 is 4.79 Å². The molecule has 1 amide bonds. The maximum atomic E-state index is 10.9. The minimum Gasteiger partial charge on any atom is -0.353 e. The molecule has 1 saturated heterocycles. The summed E-state index contributed by atoms with van der Waals surface area (Å²) in [4.78, 5) is 10.9. The van der Waals surface area contributed by atoms with Gasteiger partial charge in [0.05, 0.1) is 0 Å². The van der Waals surface area contributed by atoms with Gasteiger partial charge in [0.2, 0.25) is 5.91 Å². The van der Waals surface area contributed by atoms with E-state index in [9.17, 15) is 4.79 Å². The van der Waals surface area contributed by atoms with E-state index in [2.05, 4.69) is 19.2 Å². The molecule has 1 fully saturated rings. The van der Waals surface area contributed by atoms with Crippen LogP contribution in [0.3, 0.4) is 0 Å². The summed E-state index contributed by atoms with van der Waals surface area (Å²) in [7, 11) is 0. The maximum absolute atomic E-state index is 10.9. The summed E-state index contributed by atoms with van der Waals surface area (Å²) in [6, 6.07) is 0.441. The average molecular weight is 141 g/mol. The van der Waals surface area contributed by atoms with Crippen molar-refractivity contribution in [2.75, 3.05) is 0 Å². The summed E-state index contributed by atoms with van der Waals surface area (Å²) >= 11 is 0. The summed E-state index contributed by atoms with van der Waals surface area (Å²) in [6.45, 7) is 4.25. The summed E-state index contributed by atoms with van der Waals surface area (Å²) in [5.41, 5.74) is 0. The molecular formula is C8H15NO. The summed E-state index contributed by atoms with van der Waals surface area (Å²) in [6.07, 6.45) is 2.94. The maximum Gasteiger partial charge on any atom is 0.220 e. The number of piperidine rings is 1. The van der Waals surface area contributed by atoms with Crippen molar-refractivity contribution in [2.24, 2.45) is 5.92 Å². The van der Waals surface area contributed by atoms with Gasteiger partial charge in [-0.05, 0) is 18.8 Å². The van der Waals surface area contributed by atoms with Crippen LogP contribution in [0.1, 0.15) is 33.1 Å². The van der Waals surface area contributed by atoms with Gasteiger partial charge in [-0.15, -0.1) is 0 Å². The molecule has 0 aromatic rings. The Kier molecular flexibility index (Phi) is 2.30. The molecule has 2 heteroatoms. The van der Waals surface area contributed by atoms with Crippen molar-refractivity contribution in [3.05, 3.63) is 0 Å². The fraction of sp³-hybridized carbons (Fsp3) is 0.875. The molecule has 1 heterocycles. The van der Waals surface area contributed by atoms with Gasteiger partial charge in [-0.3, -0.25) is 4.79 Å². The third-order valence-corrected chi connectivity index (χ3v) is 2.08. The van der Waals surface area contributed by atoms with E-state index in [1.165, 1.54) is 0 Å².